The number of carbonyl (C=O) groups excluding carboxylic acids is 1. The first kappa shape index (κ1) is 19.7. The Hall–Kier alpha value is -1.39. The molecule has 0 spiro atoms. The van der Waals surface area contributed by atoms with Gasteiger partial charge in [-0.2, -0.15) is 0 Å². The van der Waals surface area contributed by atoms with E-state index >= 15 is 0 Å². The van der Waals surface area contributed by atoms with Gasteiger partial charge < -0.3 is 5.11 Å². The lowest BCUT2D eigenvalue weighted by Gasteiger charge is -2.27. The molecule has 0 amide bonds. The van der Waals surface area contributed by atoms with E-state index in [4.69, 9.17) is 14.7 Å². The molecule has 1 aromatic rings. The van der Waals surface area contributed by atoms with E-state index in [9.17, 15) is 9.90 Å². The lowest BCUT2D eigenvalue weighted by atomic mass is 9.99. The maximum Gasteiger partial charge on any atom is 0.183 e. The van der Waals surface area contributed by atoms with Gasteiger partial charge in [-0.3, -0.25) is 4.79 Å². The maximum atomic E-state index is 12.5. The van der Waals surface area contributed by atoms with Crippen molar-refractivity contribution in [3.05, 3.63) is 35.9 Å². The fourth-order valence-corrected chi connectivity index (χ4v) is 2.02. The van der Waals surface area contributed by atoms with Gasteiger partial charge in [0.05, 0.1) is 27.9 Å². The molecule has 0 unspecified atom stereocenters. The van der Waals surface area contributed by atoms with Gasteiger partial charge in [0.2, 0.25) is 0 Å². The third-order valence-corrected chi connectivity index (χ3v) is 3.01. The van der Waals surface area contributed by atoms with E-state index in [-0.39, 0.29) is 12.2 Å². The molecule has 1 aromatic carbocycles. The predicted molar refractivity (Wildman–Crippen MR) is 77.9 cm³/mol. The van der Waals surface area contributed by atoms with Crippen molar-refractivity contribution in [2.45, 2.75) is 24.7 Å². The molecule has 0 fully saturated rings. The highest BCUT2D eigenvalue weighted by Crippen LogP contribution is 2.16. The summed E-state index contributed by atoms with van der Waals surface area (Å²) in [6.45, 7) is -0.482. The second kappa shape index (κ2) is 11.2. The molecule has 0 aliphatic heterocycles. The quantitative estimate of drug-likeness (QED) is 0.441. The first-order valence-electron chi connectivity index (χ1n) is 6.93. The SMILES string of the molecule is COO[C@H]([C@H](CO)OOC)[C@H](OOC)C(=O)Cc1ccccc1. The molecule has 0 radical (unpaired) electrons. The maximum absolute atomic E-state index is 12.5. The van der Waals surface area contributed by atoms with E-state index in [0.29, 0.717) is 0 Å². The molecule has 23 heavy (non-hydrogen) atoms. The Labute approximate surface area is 134 Å². The van der Waals surface area contributed by atoms with E-state index in [0.717, 1.165) is 5.56 Å². The van der Waals surface area contributed by atoms with Gasteiger partial charge in [0.1, 0.15) is 6.10 Å². The molecule has 1 rings (SSSR count). The first-order chi connectivity index (χ1) is 11.2. The molecule has 0 saturated carbocycles. The van der Waals surface area contributed by atoms with Crippen LogP contribution in [0.4, 0.5) is 0 Å². The van der Waals surface area contributed by atoms with E-state index in [1.165, 1.54) is 21.3 Å². The summed E-state index contributed by atoms with van der Waals surface area (Å²) in [6.07, 6.45) is -3.21. The van der Waals surface area contributed by atoms with Crippen LogP contribution in [0.25, 0.3) is 0 Å². The predicted octanol–water partition coefficient (Wildman–Crippen LogP) is 0.630. The van der Waals surface area contributed by atoms with Gasteiger partial charge in [-0.15, -0.1) is 0 Å². The topological polar surface area (TPSA) is 92.7 Å². The number of Topliss-reactive ketones (excluding diaryl/α,β-unsaturated/α-hetero) is 1. The summed E-state index contributed by atoms with van der Waals surface area (Å²) in [5.74, 6) is -0.335. The molecule has 0 bridgehead atoms. The van der Waals surface area contributed by atoms with E-state index in [2.05, 4.69) is 14.7 Å². The van der Waals surface area contributed by atoms with Crippen LogP contribution in [-0.2, 0) is 40.5 Å². The lowest BCUT2D eigenvalue weighted by Crippen LogP contribution is -2.48. The van der Waals surface area contributed by atoms with Crippen molar-refractivity contribution in [2.24, 2.45) is 0 Å². The average Bonchev–Trinajstić information content (AvgIpc) is 2.57. The second-order valence-corrected chi connectivity index (χ2v) is 4.52. The summed E-state index contributed by atoms with van der Waals surface area (Å²) in [4.78, 5) is 41.3. The number of hydrogen-bond acceptors (Lipinski definition) is 8. The van der Waals surface area contributed by atoms with Crippen molar-refractivity contribution < 1.29 is 39.2 Å². The summed E-state index contributed by atoms with van der Waals surface area (Å²) in [6, 6.07) is 9.11. The molecular weight excluding hydrogens is 308 g/mol. The number of benzene rings is 1. The van der Waals surface area contributed by atoms with Crippen molar-refractivity contribution >= 4 is 5.78 Å². The van der Waals surface area contributed by atoms with Crippen LogP contribution in [0.15, 0.2) is 30.3 Å². The number of aliphatic hydroxyl groups is 1. The summed E-state index contributed by atoms with van der Waals surface area (Å²) in [5.41, 5.74) is 0.798. The third kappa shape index (κ3) is 6.32. The van der Waals surface area contributed by atoms with Gasteiger partial charge in [-0.05, 0) is 5.56 Å². The molecule has 130 valence electrons. The number of aliphatic hydroxyl groups excluding tert-OH is 1. The average molecular weight is 330 g/mol. The Morgan fingerprint density at radius 3 is 2.13 bits per heavy atom. The highest BCUT2D eigenvalue weighted by Gasteiger charge is 2.39. The first-order valence-corrected chi connectivity index (χ1v) is 6.93. The second-order valence-electron chi connectivity index (χ2n) is 4.52. The molecule has 0 aliphatic carbocycles. The van der Waals surface area contributed by atoms with Crippen LogP contribution >= 0.6 is 0 Å². The zero-order valence-electron chi connectivity index (χ0n) is 13.3. The minimum Gasteiger partial charge on any atom is -0.393 e. The van der Waals surface area contributed by atoms with Crippen LogP contribution in [-0.4, -0.2) is 57.1 Å². The number of carbonyl (C=O) groups is 1. The normalized spacial score (nSPS) is 15.1. The Bertz CT molecular complexity index is 438. The summed E-state index contributed by atoms with van der Waals surface area (Å²) in [5, 5.41) is 9.39. The molecule has 0 aromatic heterocycles. The van der Waals surface area contributed by atoms with Crippen molar-refractivity contribution in [1.82, 2.24) is 0 Å². The minimum absolute atomic E-state index is 0.0869. The van der Waals surface area contributed by atoms with Crippen LogP contribution in [0.1, 0.15) is 5.56 Å². The summed E-state index contributed by atoms with van der Waals surface area (Å²) < 4.78 is 0. The van der Waals surface area contributed by atoms with Crippen LogP contribution in [0.3, 0.4) is 0 Å². The van der Waals surface area contributed by atoms with Crippen molar-refractivity contribution in [2.75, 3.05) is 27.9 Å². The van der Waals surface area contributed by atoms with Crippen molar-refractivity contribution in [3.8, 4) is 0 Å². The molecule has 1 N–H and O–H groups in total. The standard InChI is InChI=1S/C15H22O8/c1-18-21-13(10-16)15(23-20-3)14(22-19-2)12(17)9-11-7-5-4-6-8-11/h4-8,13-16H,9-10H2,1-3H3/t13-,14+,15+/m0/s1. The van der Waals surface area contributed by atoms with Gasteiger partial charge >= 0.3 is 0 Å². The zero-order valence-corrected chi connectivity index (χ0v) is 13.3. The lowest BCUT2D eigenvalue weighted by molar-refractivity contribution is -0.410. The Kier molecular flexibility index (Phi) is 9.57. The van der Waals surface area contributed by atoms with Crippen LogP contribution < -0.4 is 0 Å². The van der Waals surface area contributed by atoms with Gasteiger partial charge in [-0.25, -0.2) is 29.3 Å². The molecule has 8 nitrogen and oxygen atoms in total. The number of ketones is 1. The minimum atomic E-state index is -1.19. The Balaban J connectivity index is 2.91. The molecule has 0 aliphatic rings. The summed E-state index contributed by atoms with van der Waals surface area (Å²) in [7, 11) is 3.79. The number of hydrogen-bond donors (Lipinski definition) is 1. The third-order valence-electron chi connectivity index (χ3n) is 3.01. The molecule has 3 atom stereocenters. The monoisotopic (exact) mass is 330 g/mol. The van der Waals surface area contributed by atoms with Crippen LogP contribution in [0.2, 0.25) is 0 Å². The van der Waals surface area contributed by atoms with E-state index in [1.54, 1.807) is 0 Å². The van der Waals surface area contributed by atoms with E-state index < -0.39 is 24.9 Å². The smallest absolute Gasteiger partial charge is 0.183 e. The van der Waals surface area contributed by atoms with Crippen LogP contribution in [0.5, 0.6) is 0 Å². The van der Waals surface area contributed by atoms with Crippen LogP contribution in [0, 0.1) is 0 Å². The van der Waals surface area contributed by atoms with Gasteiger partial charge in [0.15, 0.2) is 18.0 Å². The summed E-state index contributed by atoms with van der Waals surface area (Å²) >= 11 is 0. The van der Waals surface area contributed by atoms with Gasteiger partial charge in [0.25, 0.3) is 0 Å². The molecule has 0 heterocycles. The molecule has 8 heteroatoms. The Morgan fingerprint density at radius 1 is 1.00 bits per heavy atom. The molecule has 0 saturated heterocycles. The fourth-order valence-electron chi connectivity index (χ4n) is 2.02. The van der Waals surface area contributed by atoms with Crippen molar-refractivity contribution in [1.29, 1.82) is 0 Å². The van der Waals surface area contributed by atoms with Gasteiger partial charge in [-0.1, -0.05) is 30.3 Å². The van der Waals surface area contributed by atoms with Gasteiger partial charge in [0, 0.05) is 6.42 Å². The fraction of sp³-hybridized carbons (Fsp3) is 0.533. The highest BCUT2D eigenvalue weighted by atomic mass is 17.2. The zero-order chi connectivity index (χ0) is 17.1. The Morgan fingerprint density at radius 2 is 1.61 bits per heavy atom. The van der Waals surface area contributed by atoms with Crippen molar-refractivity contribution in [3.63, 3.8) is 0 Å². The number of rotatable bonds is 12. The molecular formula is C15H22O8. The van der Waals surface area contributed by atoms with E-state index in [1.807, 2.05) is 30.3 Å². The highest BCUT2D eigenvalue weighted by molar-refractivity contribution is 5.85. The largest absolute Gasteiger partial charge is 0.393 e.